The molecule has 0 fully saturated rings. The molecule has 4 heteroatoms. The first-order valence-corrected chi connectivity index (χ1v) is 6.53. The minimum Gasteiger partial charge on any atom is -0.480 e. The maximum Gasteiger partial charge on any atom is 0.320 e. The highest BCUT2D eigenvalue weighted by Crippen LogP contribution is 2.37. The van der Waals surface area contributed by atoms with E-state index in [1.807, 2.05) is 0 Å². The average molecular weight is 246 g/mol. The molecular weight excluding hydrogens is 228 g/mol. The molecule has 96 valence electrons. The molecule has 1 unspecified atom stereocenters. The molecule has 3 rings (SSSR count). The van der Waals surface area contributed by atoms with Gasteiger partial charge < -0.3 is 15.7 Å². The first-order valence-electron chi connectivity index (χ1n) is 6.53. The van der Waals surface area contributed by atoms with E-state index in [1.165, 1.54) is 23.2 Å². The lowest BCUT2D eigenvalue weighted by molar-refractivity contribution is -0.138. The topological polar surface area (TPSA) is 66.6 Å². The molecule has 0 saturated heterocycles. The van der Waals surface area contributed by atoms with Gasteiger partial charge in [0.2, 0.25) is 0 Å². The van der Waals surface area contributed by atoms with Gasteiger partial charge in [-0.25, -0.2) is 0 Å². The Morgan fingerprint density at radius 3 is 2.78 bits per heavy atom. The fraction of sp³-hybridized carbons (Fsp3) is 0.500. The van der Waals surface area contributed by atoms with Gasteiger partial charge in [0.15, 0.2) is 0 Å². The van der Waals surface area contributed by atoms with Gasteiger partial charge in [-0.3, -0.25) is 4.79 Å². The molecule has 4 nitrogen and oxygen atoms in total. The molecule has 0 radical (unpaired) electrons. The quantitative estimate of drug-likeness (QED) is 0.833. The molecule has 1 atom stereocenters. The fourth-order valence-electron chi connectivity index (χ4n) is 3.13. The van der Waals surface area contributed by atoms with E-state index in [2.05, 4.69) is 17.0 Å². The van der Waals surface area contributed by atoms with Crippen LogP contribution in [0.4, 0.5) is 5.69 Å². The number of benzene rings is 1. The normalized spacial score (nSPS) is 18.6. The number of rotatable bonds is 3. The Balaban J connectivity index is 1.92. The van der Waals surface area contributed by atoms with Crippen LogP contribution < -0.4 is 10.6 Å². The van der Waals surface area contributed by atoms with Crippen LogP contribution in [-0.2, 0) is 24.1 Å². The molecule has 2 aliphatic rings. The number of carbonyl (C=O) groups is 1. The number of carboxylic acid groups (broad SMARTS) is 1. The molecule has 1 aromatic carbocycles. The Bertz CT molecular complexity index is 499. The monoisotopic (exact) mass is 246 g/mol. The standard InChI is InChI=1S/C14H18N2O2/c15-12(14(17)18)8-9-6-10-2-1-4-16-5-3-11(7-9)13(10)16/h6-7,12H,1-5,8,15H2,(H,17,18). The fourth-order valence-corrected chi connectivity index (χ4v) is 3.13. The van der Waals surface area contributed by atoms with Crippen molar-refractivity contribution in [3.8, 4) is 0 Å². The van der Waals surface area contributed by atoms with Gasteiger partial charge in [-0.2, -0.15) is 0 Å². The Kier molecular flexibility index (Phi) is 2.74. The van der Waals surface area contributed by atoms with E-state index in [-0.39, 0.29) is 0 Å². The van der Waals surface area contributed by atoms with Crippen molar-refractivity contribution < 1.29 is 9.90 Å². The van der Waals surface area contributed by atoms with E-state index in [1.54, 1.807) is 0 Å². The maximum absolute atomic E-state index is 10.8. The van der Waals surface area contributed by atoms with Crippen molar-refractivity contribution in [2.75, 3.05) is 18.0 Å². The number of aliphatic carboxylic acids is 1. The second-order valence-electron chi connectivity index (χ2n) is 5.25. The van der Waals surface area contributed by atoms with Gasteiger partial charge in [0.25, 0.3) is 0 Å². The van der Waals surface area contributed by atoms with E-state index >= 15 is 0 Å². The third-order valence-corrected chi connectivity index (χ3v) is 3.94. The molecule has 0 bridgehead atoms. The van der Waals surface area contributed by atoms with Crippen LogP contribution in [0.5, 0.6) is 0 Å². The molecule has 18 heavy (non-hydrogen) atoms. The molecule has 1 aromatic rings. The molecule has 0 amide bonds. The molecule has 0 spiro atoms. The summed E-state index contributed by atoms with van der Waals surface area (Å²) in [5.41, 5.74) is 10.9. The second-order valence-corrected chi connectivity index (χ2v) is 5.25. The highest BCUT2D eigenvalue weighted by molar-refractivity contribution is 5.74. The molecule has 0 saturated carbocycles. The molecular formula is C14H18N2O2. The minimum atomic E-state index is -0.925. The number of aryl methyl sites for hydroxylation is 1. The molecule has 0 aliphatic carbocycles. The van der Waals surface area contributed by atoms with Gasteiger partial charge in [-0.15, -0.1) is 0 Å². The van der Waals surface area contributed by atoms with E-state index < -0.39 is 12.0 Å². The number of carboxylic acids is 1. The summed E-state index contributed by atoms with van der Waals surface area (Å²) < 4.78 is 0. The van der Waals surface area contributed by atoms with Crippen LogP contribution in [0.2, 0.25) is 0 Å². The smallest absolute Gasteiger partial charge is 0.320 e. The molecule has 2 aliphatic heterocycles. The lowest BCUT2D eigenvalue weighted by atomic mass is 9.94. The zero-order valence-corrected chi connectivity index (χ0v) is 10.4. The van der Waals surface area contributed by atoms with E-state index in [9.17, 15) is 4.79 Å². The maximum atomic E-state index is 10.8. The zero-order chi connectivity index (χ0) is 12.7. The zero-order valence-electron chi connectivity index (χ0n) is 10.4. The van der Waals surface area contributed by atoms with Gasteiger partial charge in [-0.1, -0.05) is 12.1 Å². The summed E-state index contributed by atoms with van der Waals surface area (Å²) in [7, 11) is 0. The second kappa shape index (κ2) is 4.28. The lowest BCUT2D eigenvalue weighted by Gasteiger charge is -2.27. The van der Waals surface area contributed by atoms with Crippen molar-refractivity contribution in [3.05, 3.63) is 28.8 Å². The van der Waals surface area contributed by atoms with Crippen LogP contribution in [-0.4, -0.2) is 30.2 Å². The van der Waals surface area contributed by atoms with Gasteiger partial charge in [0.05, 0.1) is 0 Å². The Labute approximate surface area is 106 Å². The Morgan fingerprint density at radius 2 is 2.06 bits per heavy atom. The first kappa shape index (κ1) is 11.5. The van der Waals surface area contributed by atoms with Crippen molar-refractivity contribution in [1.29, 1.82) is 0 Å². The summed E-state index contributed by atoms with van der Waals surface area (Å²) in [6, 6.07) is 3.50. The SMILES string of the molecule is NC(Cc1cc2c3c(c1)CCN3CCC2)C(=O)O. The molecule has 2 heterocycles. The van der Waals surface area contributed by atoms with Crippen LogP contribution in [0.1, 0.15) is 23.1 Å². The minimum absolute atomic E-state index is 0.426. The van der Waals surface area contributed by atoms with Crippen molar-refractivity contribution >= 4 is 11.7 Å². The highest BCUT2D eigenvalue weighted by atomic mass is 16.4. The van der Waals surface area contributed by atoms with Crippen LogP contribution in [0.3, 0.4) is 0 Å². The van der Waals surface area contributed by atoms with Crippen LogP contribution >= 0.6 is 0 Å². The number of anilines is 1. The Hall–Kier alpha value is -1.55. The predicted octanol–water partition coefficient (Wildman–Crippen LogP) is 0.950. The van der Waals surface area contributed by atoms with Gasteiger partial charge in [-0.05, 0) is 42.4 Å². The van der Waals surface area contributed by atoms with Crippen LogP contribution in [0.25, 0.3) is 0 Å². The van der Waals surface area contributed by atoms with Crippen molar-refractivity contribution in [2.24, 2.45) is 5.73 Å². The summed E-state index contributed by atoms with van der Waals surface area (Å²) in [6.45, 7) is 2.27. The number of hydrogen-bond donors (Lipinski definition) is 2. The van der Waals surface area contributed by atoms with Crippen molar-refractivity contribution in [2.45, 2.75) is 31.7 Å². The molecule has 0 aromatic heterocycles. The summed E-state index contributed by atoms with van der Waals surface area (Å²) in [6.07, 6.45) is 3.81. The summed E-state index contributed by atoms with van der Waals surface area (Å²) in [5, 5.41) is 8.88. The Morgan fingerprint density at radius 1 is 1.33 bits per heavy atom. The predicted molar refractivity (Wildman–Crippen MR) is 70.0 cm³/mol. The number of nitrogens with zero attached hydrogens (tertiary/aromatic N) is 1. The third kappa shape index (κ3) is 1.86. The average Bonchev–Trinajstić information content (AvgIpc) is 2.74. The summed E-state index contributed by atoms with van der Waals surface area (Å²) in [5.74, 6) is -0.925. The van der Waals surface area contributed by atoms with Gasteiger partial charge in [0, 0.05) is 18.8 Å². The first-order chi connectivity index (χ1) is 8.65. The highest BCUT2D eigenvalue weighted by Gasteiger charge is 2.26. The van der Waals surface area contributed by atoms with Crippen LogP contribution in [0, 0.1) is 0 Å². The van der Waals surface area contributed by atoms with Crippen molar-refractivity contribution in [3.63, 3.8) is 0 Å². The van der Waals surface area contributed by atoms with Gasteiger partial charge >= 0.3 is 5.97 Å². The largest absolute Gasteiger partial charge is 0.480 e. The van der Waals surface area contributed by atoms with E-state index in [0.717, 1.165) is 31.5 Å². The molecule has 3 N–H and O–H groups in total. The van der Waals surface area contributed by atoms with Crippen LogP contribution in [0.15, 0.2) is 12.1 Å². The van der Waals surface area contributed by atoms with E-state index in [4.69, 9.17) is 10.8 Å². The lowest BCUT2D eigenvalue weighted by Crippen LogP contribution is -2.32. The summed E-state index contributed by atoms with van der Waals surface area (Å²) in [4.78, 5) is 13.3. The third-order valence-electron chi connectivity index (χ3n) is 3.94. The van der Waals surface area contributed by atoms with Gasteiger partial charge in [0.1, 0.15) is 6.04 Å². The summed E-state index contributed by atoms with van der Waals surface area (Å²) >= 11 is 0. The van der Waals surface area contributed by atoms with E-state index in [0.29, 0.717) is 6.42 Å². The number of hydrogen-bond acceptors (Lipinski definition) is 3. The van der Waals surface area contributed by atoms with Crippen molar-refractivity contribution in [1.82, 2.24) is 0 Å². The number of nitrogens with two attached hydrogens (primary N) is 1.